The van der Waals surface area contributed by atoms with Crippen molar-refractivity contribution in [1.82, 2.24) is 19.7 Å². The zero-order chi connectivity index (χ0) is 37.2. The summed E-state index contributed by atoms with van der Waals surface area (Å²) in [4.78, 5) is 43.9. The molecule has 5 heterocycles. The third kappa shape index (κ3) is 7.33. The van der Waals surface area contributed by atoms with Crippen molar-refractivity contribution in [3.63, 3.8) is 0 Å². The van der Waals surface area contributed by atoms with Gasteiger partial charge in [-0.25, -0.2) is 4.39 Å². The standard InChI is InChI=1S/C33H33FN4O4.C7H14N2O2/c1-4-36(3)19(2)11-12-35-33(40)23-18-38-25-17-27-21(20-9-5-6-10-26(20)41-27)16-28(25)42-32-29(38)22(31(23)39)15-24(34)30(32)37-13-7-8-14-37;8-7(10)1-2-9-3-5-11-6-4-9/h5-6,9-10,15-19H,4,7-8,11-14H2,1-3H3,(H,35,40);1-6H2,(H2,8,10). The second-order valence-electron chi connectivity index (χ2n) is 14.0. The van der Waals surface area contributed by atoms with Crippen molar-refractivity contribution < 1.29 is 27.9 Å². The van der Waals surface area contributed by atoms with E-state index in [1.165, 1.54) is 6.07 Å². The normalized spacial score (nSPS) is 16.1. The number of furan rings is 1. The number of primary amides is 1. The minimum Gasteiger partial charge on any atom is -0.456 e. The first kappa shape index (κ1) is 36.4. The number of morpholine rings is 1. The molecule has 0 spiro atoms. The van der Waals surface area contributed by atoms with Crippen molar-refractivity contribution in [3.05, 3.63) is 70.3 Å². The van der Waals surface area contributed by atoms with E-state index in [2.05, 4.69) is 29.0 Å². The number of rotatable bonds is 10. The Hall–Kier alpha value is -4.98. The summed E-state index contributed by atoms with van der Waals surface area (Å²) in [5.41, 5.74) is 7.24. The predicted molar refractivity (Wildman–Crippen MR) is 204 cm³/mol. The first-order chi connectivity index (χ1) is 25.6. The molecule has 0 bridgehead atoms. The van der Waals surface area contributed by atoms with Crippen molar-refractivity contribution in [1.29, 1.82) is 0 Å². The molecule has 2 aromatic heterocycles. The number of para-hydroxylation sites is 1. The number of anilines is 1. The molecule has 0 saturated carbocycles. The summed E-state index contributed by atoms with van der Waals surface area (Å²) in [5.74, 6) is -0.445. The van der Waals surface area contributed by atoms with Gasteiger partial charge in [0, 0.05) is 74.8 Å². The van der Waals surface area contributed by atoms with E-state index in [1.807, 2.05) is 48.3 Å². The maximum Gasteiger partial charge on any atom is 0.256 e. The van der Waals surface area contributed by atoms with E-state index in [1.54, 1.807) is 10.8 Å². The lowest BCUT2D eigenvalue weighted by molar-refractivity contribution is -0.118. The van der Waals surface area contributed by atoms with Crippen LogP contribution in [0.1, 0.15) is 49.9 Å². The molecular formula is C40H47FN6O6. The Morgan fingerprint density at radius 3 is 2.51 bits per heavy atom. The maximum absolute atomic E-state index is 15.9. The van der Waals surface area contributed by atoms with E-state index >= 15 is 4.39 Å². The molecular weight excluding hydrogens is 679 g/mol. The number of hydrogen-bond donors (Lipinski definition) is 2. The van der Waals surface area contributed by atoms with E-state index in [-0.39, 0.29) is 22.9 Å². The Balaban J connectivity index is 0.000000341. The molecule has 2 fully saturated rings. The molecule has 3 aliphatic heterocycles. The van der Waals surface area contributed by atoms with Gasteiger partial charge in [0.15, 0.2) is 17.3 Å². The Morgan fingerprint density at radius 2 is 1.77 bits per heavy atom. The zero-order valence-electron chi connectivity index (χ0n) is 30.6. The van der Waals surface area contributed by atoms with Gasteiger partial charge in [-0.15, -0.1) is 0 Å². The van der Waals surface area contributed by atoms with Crippen molar-refractivity contribution >= 4 is 50.3 Å². The number of fused-ring (bicyclic) bond motifs is 5. The monoisotopic (exact) mass is 726 g/mol. The summed E-state index contributed by atoms with van der Waals surface area (Å²) in [6.07, 6.45) is 4.66. The summed E-state index contributed by atoms with van der Waals surface area (Å²) < 4.78 is 35.5. The van der Waals surface area contributed by atoms with E-state index in [4.69, 9.17) is 19.6 Å². The quantitative estimate of drug-likeness (QED) is 0.191. The number of nitrogens with two attached hydrogens (primary N) is 1. The smallest absolute Gasteiger partial charge is 0.256 e. The average Bonchev–Trinajstić information content (AvgIpc) is 3.82. The molecule has 1 atom stereocenters. The van der Waals surface area contributed by atoms with Crippen LogP contribution in [0.4, 0.5) is 10.1 Å². The minimum absolute atomic E-state index is 0.0455. The number of ether oxygens (including phenoxy) is 2. The van der Waals surface area contributed by atoms with Crippen LogP contribution in [0.3, 0.4) is 0 Å². The summed E-state index contributed by atoms with van der Waals surface area (Å²) in [7, 11) is 2.04. The second kappa shape index (κ2) is 15.6. The molecule has 3 aromatic carbocycles. The molecule has 280 valence electrons. The number of hydrogen-bond acceptors (Lipinski definition) is 9. The van der Waals surface area contributed by atoms with Crippen LogP contribution in [-0.2, 0) is 9.53 Å². The van der Waals surface area contributed by atoms with Crippen LogP contribution < -0.4 is 26.1 Å². The van der Waals surface area contributed by atoms with Gasteiger partial charge >= 0.3 is 0 Å². The Morgan fingerprint density at radius 1 is 1.02 bits per heavy atom. The molecule has 13 heteroatoms. The Kier molecular flexibility index (Phi) is 10.7. The van der Waals surface area contributed by atoms with E-state index in [0.717, 1.165) is 75.0 Å². The predicted octanol–water partition coefficient (Wildman–Crippen LogP) is 5.39. The molecule has 3 aliphatic rings. The van der Waals surface area contributed by atoms with Gasteiger partial charge in [-0.3, -0.25) is 19.3 Å². The number of nitrogens with zero attached hydrogens (tertiary/aromatic N) is 4. The molecule has 2 amide bonds. The summed E-state index contributed by atoms with van der Waals surface area (Å²) in [5, 5.41) is 4.82. The van der Waals surface area contributed by atoms with Gasteiger partial charge in [-0.05, 0) is 58.0 Å². The van der Waals surface area contributed by atoms with Crippen molar-refractivity contribution in [2.24, 2.45) is 5.73 Å². The lowest BCUT2D eigenvalue weighted by Gasteiger charge is -2.29. The number of aromatic nitrogens is 1. The highest BCUT2D eigenvalue weighted by Gasteiger charge is 2.32. The van der Waals surface area contributed by atoms with Crippen LogP contribution in [0.25, 0.3) is 38.5 Å². The summed E-state index contributed by atoms with van der Waals surface area (Å²) in [6.45, 7) is 11.1. The highest BCUT2D eigenvalue weighted by molar-refractivity contribution is 6.07. The van der Waals surface area contributed by atoms with Gasteiger partial charge in [0.1, 0.15) is 27.9 Å². The Labute approximate surface area is 307 Å². The number of carbonyl (C=O) groups excluding carboxylic acids is 2. The van der Waals surface area contributed by atoms with Gasteiger partial charge < -0.3 is 39.3 Å². The Bertz CT molecular complexity index is 2220. The molecule has 1 unspecified atom stereocenters. The second-order valence-corrected chi connectivity index (χ2v) is 14.0. The number of nitrogens with one attached hydrogen (secondary N) is 1. The molecule has 8 rings (SSSR count). The first-order valence-corrected chi connectivity index (χ1v) is 18.5. The maximum atomic E-state index is 15.9. The fourth-order valence-corrected chi connectivity index (χ4v) is 7.34. The number of halogens is 1. The molecule has 53 heavy (non-hydrogen) atoms. The lowest BCUT2D eigenvalue weighted by atomic mass is 10.0. The van der Waals surface area contributed by atoms with Crippen LogP contribution >= 0.6 is 0 Å². The molecule has 3 N–H and O–H groups in total. The van der Waals surface area contributed by atoms with E-state index in [9.17, 15) is 14.4 Å². The summed E-state index contributed by atoms with van der Waals surface area (Å²) in [6, 6.07) is 13.0. The molecule has 12 nitrogen and oxygen atoms in total. The number of pyridine rings is 1. The van der Waals surface area contributed by atoms with Gasteiger partial charge in [-0.2, -0.15) is 0 Å². The zero-order valence-corrected chi connectivity index (χ0v) is 30.6. The summed E-state index contributed by atoms with van der Waals surface area (Å²) >= 11 is 0. The van der Waals surface area contributed by atoms with Crippen LogP contribution in [0.2, 0.25) is 0 Å². The van der Waals surface area contributed by atoms with Crippen LogP contribution in [0, 0.1) is 5.82 Å². The largest absolute Gasteiger partial charge is 0.456 e. The molecule has 5 aromatic rings. The van der Waals surface area contributed by atoms with E-state index in [0.29, 0.717) is 60.0 Å². The highest BCUT2D eigenvalue weighted by Crippen LogP contribution is 2.48. The minimum atomic E-state index is -0.532. The van der Waals surface area contributed by atoms with Crippen molar-refractivity contribution in [2.75, 3.05) is 71.0 Å². The fourth-order valence-electron chi connectivity index (χ4n) is 7.34. The number of carbonyl (C=O) groups is 2. The fraction of sp³-hybridized carbons (Fsp3) is 0.425. The average molecular weight is 727 g/mol. The lowest BCUT2D eigenvalue weighted by Crippen LogP contribution is -2.38. The first-order valence-electron chi connectivity index (χ1n) is 18.5. The SMILES string of the molecule is CCN(C)C(C)CCNC(=O)c1cn2c3c(c(N4CCCC4)c(F)cc3c1=O)Oc1cc3c(cc1-2)oc1ccccc13.NC(=O)CCN1CCOCC1. The topological polar surface area (TPSA) is 136 Å². The van der Waals surface area contributed by atoms with Crippen LogP contribution in [-0.4, -0.2) is 98.3 Å². The van der Waals surface area contributed by atoms with Gasteiger partial charge in [0.05, 0.1) is 24.3 Å². The third-order valence-corrected chi connectivity index (χ3v) is 10.6. The van der Waals surface area contributed by atoms with Gasteiger partial charge in [0.25, 0.3) is 5.91 Å². The van der Waals surface area contributed by atoms with Crippen molar-refractivity contribution in [2.45, 2.75) is 45.6 Å². The number of amides is 2. The van der Waals surface area contributed by atoms with Gasteiger partial charge in [0.2, 0.25) is 11.3 Å². The van der Waals surface area contributed by atoms with Crippen LogP contribution in [0.15, 0.2) is 57.9 Å². The molecule has 2 saturated heterocycles. The van der Waals surface area contributed by atoms with E-state index < -0.39 is 17.2 Å². The van der Waals surface area contributed by atoms with Gasteiger partial charge in [-0.1, -0.05) is 25.1 Å². The highest BCUT2D eigenvalue weighted by atomic mass is 19.1. The number of benzene rings is 3. The van der Waals surface area contributed by atoms with Crippen LogP contribution in [0.5, 0.6) is 11.5 Å². The molecule has 0 radical (unpaired) electrons. The van der Waals surface area contributed by atoms with Crippen molar-refractivity contribution in [3.8, 4) is 17.2 Å². The molecule has 0 aliphatic carbocycles. The third-order valence-electron chi connectivity index (χ3n) is 10.6.